The van der Waals surface area contributed by atoms with E-state index in [1.165, 1.54) is 10.3 Å². The van der Waals surface area contributed by atoms with Crippen molar-refractivity contribution in [1.82, 2.24) is 78.3 Å². The van der Waals surface area contributed by atoms with Crippen molar-refractivity contribution in [1.29, 1.82) is 0 Å². The molecule has 2 aromatic carbocycles. The maximum atomic E-state index is 5.39. The standard InChI is InChI=1S/C9H9NO.C9H9NS.2C8H9N3.2C7H8N4/c2*1-6-4-3-5-8-9(6)11-7(2)10-8;1-6-4-3-5-11-8(6)9-7(2)10-11;1-6-4-3-5-8-9-7(2)10-11(6)8;1-5-7-9-6(2)10-11(7)4-3-8-5;1-5-9-7-3-4-8-6(2)11(7)10-5/h4*3-5H,1-2H3;2*3-4H,1-2H3. The van der Waals surface area contributed by atoms with Crippen LogP contribution in [0.1, 0.15) is 68.1 Å². The van der Waals surface area contributed by atoms with Gasteiger partial charge in [0.15, 0.2) is 34.1 Å². The highest BCUT2D eigenvalue weighted by Crippen LogP contribution is 2.24. The van der Waals surface area contributed by atoms with Gasteiger partial charge in [-0.05, 0) is 123 Å². The average Bonchev–Trinajstić information content (AvgIpc) is 4.14. The van der Waals surface area contributed by atoms with Crippen LogP contribution in [-0.2, 0) is 0 Å². The van der Waals surface area contributed by atoms with Gasteiger partial charge in [0, 0.05) is 43.5 Å². The van der Waals surface area contributed by atoms with Crippen molar-refractivity contribution in [3.05, 3.63) is 166 Å². The lowest BCUT2D eigenvalue weighted by Gasteiger charge is -1.93. The van der Waals surface area contributed by atoms with Gasteiger partial charge in [0.25, 0.3) is 0 Å². The monoisotopic (exact) mass is 900 g/mol. The number of hydrogen-bond acceptors (Lipinski definition) is 14. The molecule has 0 saturated heterocycles. The average molecular weight is 901 g/mol. The van der Waals surface area contributed by atoms with Gasteiger partial charge in [-0.1, -0.05) is 36.4 Å². The lowest BCUT2D eigenvalue weighted by Crippen LogP contribution is -1.95. The van der Waals surface area contributed by atoms with Crippen molar-refractivity contribution in [3.63, 3.8) is 0 Å². The van der Waals surface area contributed by atoms with E-state index >= 15 is 0 Å². The third-order valence-corrected chi connectivity index (χ3v) is 10.9. The highest BCUT2D eigenvalue weighted by atomic mass is 32.1. The molecule has 0 atom stereocenters. The molecular weight excluding hydrogens is 849 g/mol. The van der Waals surface area contributed by atoms with E-state index in [0.29, 0.717) is 0 Å². The van der Waals surface area contributed by atoms with Crippen molar-refractivity contribution < 1.29 is 4.42 Å². The van der Waals surface area contributed by atoms with E-state index in [2.05, 4.69) is 85.4 Å². The number of aromatic nitrogens is 16. The predicted molar refractivity (Wildman–Crippen MR) is 258 cm³/mol. The first-order valence-corrected chi connectivity index (χ1v) is 22.0. The molecule has 66 heavy (non-hydrogen) atoms. The van der Waals surface area contributed by atoms with E-state index in [1.807, 2.05) is 141 Å². The summed E-state index contributed by atoms with van der Waals surface area (Å²) in [6, 6.07) is 24.0. The van der Waals surface area contributed by atoms with Gasteiger partial charge in [-0.3, -0.25) is 4.98 Å². The second kappa shape index (κ2) is 20.3. The van der Waals surface area contributed by atoms with Gasteiger partial charge >= 0.3 is 0 Å². The Hall–Kier alpha value is -7.86. The number of nitrogens with zero attached hydrogens (tertiary/aromatic N) is 16. The third-order valence-electron chi connectivity index (χ3n) is 9.82. The van der Waals surface area contributed by atoms with Crippen LogP contribution in [0.5, 0.6) is 0 Å². The normalized spacial score (nSPS) is 10.7. The van der Waals surface area contributed by atoms with Crippen molar-refractivity contribution in [2.24, 2.45) is 0 Å². The lowest BCUT2D eigenvalue weighted by molar-refractivity contribution is 0.559. The zero-order valence-electron chi connectivity index (χ0n) is 39.2. The Labute approximate surface area is 385 Å². The third kappa shape index (κ3) is 11.1. The highest BCUT2D eigenvalue weighted by Gasteiger charge is 2.05. The molecule has 18 heteroatoms. The molecular formula is C48H52N16OS. The molecule has 336 valence electrons. The maximum Gasteiger partial charge on any atom is 0.192 e. The Bertz CT molecular complexity index is 2950. The van der Waals surface area contributed by atoms with Crippen LogP contribution in [0.3, 0.4) is 0 Å². The fourth-order valence-electron chi connectivity index (χ4n) is 6.78. The second-order valence-corrected chi connectivity index (χ2v) is 16.6. The first kappa shape index (κ1) is 46.1. The number of aryl methyl sites for hydroxylation is 12. The number of rotatable bonds is 0. The minimum Gasteiger partial charge on any atom is -0.441 e. The van der Waals surface area contributed by atoms with Gasteiger partial charge < -0.3 is 4.42 Å². The Morgan fingerprint density at radius 2 is 1.08 bits per heavy atom. The minimum absolute atomic E-state index is 0.731. The van der Waals surface area contributed by atoms with E-state index in [9.17, 15) is 0 Å². The molecule has 12 aromatic rings. The van der Waals surface area contributed by atoms with Crippen LogP contribution in [-0.4, -0.2) is 78.3 Å². The number of pyridine rings is 2. The molecule has 0 amide bonds. The fourth-order valence-corrected chi connectivity index (χ4v) is 7.66. The molecule has 0 saturated carbocycles. The summed E-state index contributed by atoms with van der Waals surface area (Å²) in [5.41, 5.74) is 12.2. The van der Waals surface area contributed by atoms with Crippen molar-refractivity contribution in [3.8, 4) is 0 Å². The van der Waals surface area contributed by atoms with Crippen LogP contribution in [0.15, 0.2) is 102 Å². The van der Waals surface area contributed by atoms with Crippen LogP contribution in [0, 0.1) is 83.1 Å². The predicted octanol–water partition coefficient (Wildman–Crippen LogP) is 9.53. The van der Waals surface area contributed by atoms with Gasteiger partial charge in [0.1, 0.15) is 34.6 Å². The maximum absolute atomic E-state index is 5.39. The Morgan fingerprint density at radius 3 is 1.73 bits per heavy atom. The number of para-hydroxylation sites is 1. The van der Waals surface area contributed by atoms with Gasteiger partial charge in [-0.2, -0.15) is 19.8 Å². The molecule has 0 aliphatic rings. The molecule has 0 unspecified atom stereocenters. The van der Waals surface area contributed by atoms with E-state index in [4.69, 9.17) is 4.42 Å². The molecule has 0 aliphatic carbocycles. The number of fused-ring (bicyclic) bond motifs is 6. The summed E-state index contributed by atoms with van der Waals surface area (Å²) >= 11 is 1.77. The molecule has 17 nitrogen and oxygen atoms in total. The van der Waals surface area contributed by atoms with Crippen LogP contribution in [0.2, 0.25) is 0 Å². The molecule has 0 spiro atoms. The van der Waals surface area contributed by atoms with Crippen molar-refractivity contribution in [2.45, 2.75) is 83.1 Å². The number of benzene rings is 2. The zero-order valence-corrected chi connectivity index (χ0v) is 40.0. The lowest BCUT2D eigenvalue weighted by atomic mass is 10.2. The van der Waals surface area contributed by atoms with Crippen molar-refractivity contribution in [2.75, 3.05) is 0 Å². The van der Waals surface area contributed by atoms with Crippen LogP contribution in [0.25, 0.3) is 43.9 Å². The summed E-state index contributed by atoms with van der Waals surface area (Å²) in [6.07, 6.45) is 7.15. The molecule has 0 aliphatic heterocycles. The summed E-state index contributed by atoms with van der Waals surface area (Å²) in [6.45, 7) is 23.4. The summed E-state index contributed by atoms with van der Waals surface area (Å²) in [5.74, 6) is 4.79. The van der Waals surface area contributed by atoms with Crippen LogP contribution in [0.4, 0.5) is 0 Å². The molecule has 0 fully saturated rings. The summed E-state index contributed by atoms with van der Waals surface area (Å²) < 4.78 is 13.8. The second-order valence-electron chi connectivity index (χ2n) is 15.4. The zero-order chi connectivity index (χ0) is 47.1. The van der Waals surface area contributed by atoms with E-state index in [1.54, 1.807) is 43.5 Å². The SMILES string of the molecule is Cc1nc2c(C)cccn2n1.Cc1nc2c(C)nccn2n1.Cc1nc2cccc(C)c2o1.Cc1nc2cccc(C)c2s1.Cc1nc2cccc(C)n2n1.Cc1nc2ccnc(C)n2n1. The van der Waals surface area contributed by atoms with E-state index in [-0.39, 0.29) is 0 Å². The smallest absolute Gasteiger partial charge is 0.192 e. The first-order chi connectivity index (χ1) is 31.6. The largest absolute Gasteiger partial charge is 0.441 e. The minimum atomic E-state index is 0.731. The molecule has 0 radical (unpaired) electrons. The quantitative estimate of drug-likeness (QED) is 0.140. The molecule has 10 aromatic heterocycles. The molecule has 12 rings (SSSR count). The Balaban J connectivity index is 0.000000118. The molecule has 0 bridgehead atoms. The van der Waals surface area contributed by atoms with Gasteiger partial charge in [0.2, 0.25) is 0 Å². The summed E-state index contributed by atoms with van der Waals surface area (Å²) in [4.78, 5) is 33.7. The van der Waals surface area contributed by atoms with E-state index in [0.717, 1.165) is 102 Å². The molecule has 10 heterocycles. The number of thiazole rings is 1. The number of oxazole rings is 1. The van der Waals surface area contributed by atoms with E-state index < -0.39 is 0 Å². The van der Waals surface area contributed by atoms with Crippen LogP contribution >= 0.6 is 11.3 Å². The van der Waals surface area contributed by atoms with Gasteiger partial charge in [-0.25, -0.2) is 48.4 Å². The number of hydrogen-bond donors (Lipinski definition) is 0. The van der Waals surface area contributed by atoms with Crippen molar-refractivity contribution >= 4 is 55.2 Å². The highest BCUT2D eigenvalue weighted by molar-refractivity contribution is 7.18. The summed E-state index contributed by atoms with van der Waals surface area (Å²) in [5, 5.41) is 17.8. The topological polar surface area (TPSA) is 185 Å². The molecule has 0 N–H and O–H groups in total. The Kier molecular flexibility index (Phi) is 14.2. The first-order valence-electron chi connectivity index (χ1n) is 21.2. The fraction of sp³-hybridized carbons (Fsp3) is 0.250. The Morgan fingerprint density at radius 1 is 0.470 bits per heavy atom. The van der Waals surface area contributed by atoms with Crippen LogP contribution < -0.4 is 0 Å². The van der Waals surface area contributed by atoms with Gasteiger partial charge in [-0.15, -0.1) is 16.4 Å². The van der Waals surface area contributed by atoms with Gasteiger partial charge in [0.05, 0.1) is 20.9 Å². The summed E-state index contributed by atoms with van der Waals surface area (Å²) in [7, 11) is 0.